The van der Waals surface area contributed by atoms with Crippen molar-refractivity contribution >= 4 is 32.9 Å². The van der Waals surface area contributed by atoms with Crippen molar-refractivity contribution in [1.29, 1.82) is 0 Å². The van der Waals surface area contributed by atoms with Gasteiger partial charge >= 0.3 is 0 Å². The first-order valence-corrected chi connectivity index (χ1v) is 8.60. The number of piperidine rings is 1. The van der Waals surface area contributed by atoms with Crippen LogP contribution in [0.25, 0.3) is 10.2 Å². The SMILES string of the molecule is CCN1CCC(CNc2cc3nc(C)sc3cc2N)CC1. The molecule has 5 heteroatoms. The Kier molecular flexibility index (Phi) is 4.31. The molecule has 1 aliphatic rings. The maximum absolute atomic E-state index is 6.16. The molecule has 1 aromatic heterocycles. The molecule has 3 N–H and O–H groups in total. The summed E-state index contributed by atoms with van der Waals surface area (Å²) in [6.07, 6.45) is 2.55. The monoisotopic (exact) mass is 304 g/mol. The van der Waals surface area contributed by atoms with Crippen molar-refractivity contribution in [2.24, 2.45) is 5.92 Å². The predicted molar refractivity (Wildman–Crippen MR) is 92.1 cm³/mol. The van der Waals surface area contributed by atoms with Crippen LogP contribution in [0.1, 0.15) is 24.8 Å². The minimum absolute atomic E-state index is 0.750. The lowest BCUT2D eigenvalue weighted by atomic mass is 9.96. The zero-order valence-electron chi connectivity index (χ0n) is 12.9. The van der Waals surface area contributed by atoms with E-state index in [1.54, 1.807) is 11.3 Å². The number of hydrogen-bond donors (Lipinski definition) is 2. The van der Waals surface area contributed by atoms with Crippen LogP contribution in [0.15, 0.2) is 12.1 Å². The van der Waals surface area contributed by atoms with Gasteiger partial charge in [-0.25, -0.2) is 4.98 Å². The third-order valence-corrected chi connectivity index (χ3v) is 5.34. The second-order valence-corrected chi connectivity index (χ2v) is 7.13. The Morgan fingerprint density at radius 3 is 2.86 bits per heavy atom. The highest BCUT2D eigenvalue weighted by molar-refractivity contribution is 7.18. The highest BCUT2D eigenvalue weighted by Crippen LogP contribution is 2.30. The number of hydrogen-bond acceptors (Lipinski definition) is 5. The van der Waals surface area contributed by atoms with Gasteiger partial charge in [0.25, 0.3) is 0 Å². The number of benzene rings is 1. The molecule has 0 aliphatic carbocycles. The lowest BCUT2D eigenvalue weighted by Crippen LogP contribution is -2.35. The van der Waals surface area contributed by atoms with Crippen LogP contribution in [-0.2, 0) is 0 Å². The fraction of sp³-hybridized carbons (Fsp3) is 0.562. The zero-order valence-corrected chi connectivity index (χ0v) is 13.7. The predicted octanol–water partition coefficient (Wildman–Crippen LogP) is 3.33. The molecular weight excluding hydrogens is 280 g/mol. The number of aryl methyl sites for hydroxylation is 1. The van der Waals surface area contributed by atoms with Gasteiger partial charge in [0.15, 0.2) is 0 Å². The van der Waals surface area contributed by atoms with Gasteiger partial charge in [0, 0.05) is 6.54 Å². The molecule has 2 heterocycles. The molecule has 1 aromatic carbocycles. The largest absolute Gasteiger partial charge is 0.397 e. The van der Waals surface area contributed by atoms with E-state index in [4.69, 9.17) is 5.73 Å². The average molecular weight is 304 g/mol. The fourth-order valence-electron chi connectivity index (χ4n) is 3.02. The summed E-state index contributed by atoms with van der Waals surface area (Å²) in [6.45, 7) is 8.91. The molecule has 0 radical (unpaired) electrons. The molecule has 1 saturated heterocycles. The molecule has 0 saturated carbocycles. The molecular formula is C16H24N4S. The minimum atomic E-state index is 0.750. The molecule has 2 aromatic rings. The highest BCUT2D eigenvalue weighted by atomic mass is 32.1. The third kappa shape index (κ3) is 3.30. The number of nitrogen functional groups attached to an aromatic ring is 1. The van der Waals surface area contributed by atoms with Crippen molar-refractivity contribution in [2.45, 2.75) is 26.7 Å². The number of rotatable bonds is 4. The minimum Gasteiger partial charge on any atom is -0.397 e. The molecule has 4 nitrogen and oxygen atoms in total. The number of likely N-dealkylation sites (tertiary alicyclic amines) is 1. The van der Waals surface area contributed by atoms with Crippen LogP contribution in [0.2, 0.25) is 0 Å². The van der Waals surface area contributed by atoms with Crippen LogP contribution in [0.4, 0.5) is 11.4 Å². The van der Waals surface area contributed by atoms with Gasteiger partial charge in [-0.2, -0.15) is 0 Å². The summed E-state index contributed by atoms with van der Waals surface area (Å²) in [7, 11) is 0. The summed E-state index contributed by atoms with van der Waals surface area (Å²) < 4.78 is 1.17. The van der Waals surface area contributed by atoms with Crippen molar-refractivity contribution in [3.05, 3.63) is 17.1 Å². The van der Waals surface area contributed by atoms with Gasteiger partial charge in [0.2, 0.25) is 0 Å². The van der Waals surface area contributed by atoms with E-state index in [1.807, 2.05) is 13.0 Å². The third-order valence-electron chi connectivity index (χ3n) is 4.40. The Balaban J connectivity index is 1.64. The van der Waals surface area contributed by atoms with Crippen molar-refractivity contribution in [3.8, 4) is 0 Å². The summed E-state index contributed by atoms with van der Waals surface area (Å²) in [5, 5.41) is 4.63. The van der Waals surface area contributed by atoms with Crippen molar-refractivity contribution < 1.29 is 0 Å². The van der Waals surface area contributed by atoms with Crippen molar-refractivity contribution in [1.82, 2.24) is 9.88 Å². The Labute approximate surface area is 130 Å². The number of nitrogens with zero attached hydrogens (tertiary/aromatic N) is 2. The fourth-order valence-corrected chi connectivity index (χ4v) is 3.88. The van der Waals surface area contributed by atoms with Gasteiger partial charge in [-0.05, 0) is 57.5 Å². The normalized spacial score (nSPS) is 17.4. The zero-order chi connectivity index (χ0) is 14.8. The van der Waals surface area contributed by atoms with E-state index in [0.717, 1.165) is 34.4 Å². The maximum Gasteiger partial charge on any atom is 0.0907 e. The molecule has 0 amide bonds. The average Bonchev–Trinajstić information content (AvgIpc) is 2.84. The number of nitrogens with one attached hydrogen (secondary N) is 1. The second-order valence-electron chi connectivity index (χ2n) is 5.90. The number of anilines is 2. The maximum atomic E-state index is 6.16. The highest BCUT2D eigenvalue weighted by Gasteiger charge is 2.18. The van der Waals surface area contributed by atoms with E-state index in [-0.39, 0.29) is 0 Å². The summed E-state index contributed by atoms with van der Waals surface area (Å²) >= 11 is 1.70. The van der Waals surface area contributed by atoms with Crippen LogP contribution in [0.3, 0.4) is 0 Å². The molecule has 1 fully saturated rings. The summed E-state index contributed by atoms with van der Waals surface area (Å²) in [4.78, 5) is 7.07. The molecule has 3 rings (SSSR count). The quantitative estimate of drug-likeness (QED) is 0.851. The van der Waals surface area contributed by atoms with Gasteiger partial charge in [-0.1, -0.05) is 6.92 Å². The molecule has 0 unspecified atom stereocenters. The molecule has 114 valence electrons. The molecule has 0 spiro atoms. The summed E-state index contributed by atoms with van der Waals surface area (Å²) in [5.41, 5.74) is 9.08. The molecule has 0 bridgehead atoms. The first kappa shape index (κ1) is 14.6. The first-order valence-electron chi connectivity index (χ1n) is 7.78. The molecule has 0 atom stereocenters. The summed E-state index contributed by atoms with van der Waals surface area (Å²) in [5.74, 6) is 0.750. The number of aromatic nitrogens is 1. The topological polar surface area (TPSA) is 54.2 Å². The van der Waals surface area contributed by atoms with Crippen LogP contribution >= 0.6 is 11.3 Å². The second kappa shape index (κ2) is 6.20. The van der Waals surface area contributed by atoms with Crippen molar-refractivity contribution in [2.75, 3.05) is 37.2 Å². The Morgan fingerprint density at radius 2 is 2.14 bits per heavy atom. The molecule has 21 heavy (non-hydrogen) atoms. The van der Waals surface area contributed by atoms with Gasteiger partial charge in [-0.15, -0.1) is 11.3 Å². The van der Waals surface area contributed by atoms with E-state index in [2.05, 4.69) is 28.2 Å². The van der Waals surface area contributed by atoms with E-state index in [0.29, 0.717) is 0 Å². The Morgan fingerprint density at radius 1 is 1.38 bits per heavy atom. The van der Waals surface area contributed by atoms with Gasteiger partial charge in [0.05, 0.1) is 26.6 Å². The smallest absolute Gasteiger partial charge is 0.0907 e. The van der Waals surface area contributed by atoms with Crippen LogP contribution in [0.5, 0.6) is 0 Å². The Hall–Kier alpha value is -1.33. The van der Waals surface area contributed by atoms with Crippen LogP contribution in [-0.4, -0.2) is 36.1 Å². The lowest BCUT2D eigenvalue weighted by molar-refractivity contribution is 0.198. The van der Waals surface area contributed by atoms with E-state index in [1.165, 1.54) is 37.2 Å². The number of nitrogens with two attached hydrogens (primary N) is 1. The summed E-state index contributed by atoms with van der Waals surface area (Å²) in [6, 6.07) is 4.14. The van der Waals surface area contributed by atoms with Gasteiger partial charge in [0.1, 0.15) is 0 Å². The number of fused-ring (bicyclic) bond motifs is 1. The van der Waals surface area contributed by atoms with E-state index in [9.17, 15) is 0 Å². The van der Waals surface area contributed by atoms with Gasteiger partial charge < -0.3 is 16.0 Å². The van der Waals surface area contributed by atoms with Crippen LogP contribution in [0, 0.1) is 12.8 Å². The first-order chi connectivity index (χ1) is 10.2. The van der Waals surface area contributed by atoms with Crippen LogP contribution < -0.4 is 11.1 Å². The Bertz CT molecular complexity index is 614. The standard InChI is InChI=1S/C16H24N4S/c1-3-20-6-4-12(5-7-20)10-18-14-9-15-16(8-13(14)17)21-11(2)19-15/h8-9,12,18H,3-7,10,17H2,1-2H3. The van der Waals surface area contributed by atoms with Crippen molar-refractivity contribution in [3.63, 3.8) is 0 Å². The van der Waals surface area contributed by atoms with E-state index >= 15 is 0 Å². The molecule has 1 aliphatic heterocycles. The van der Waals surface area contributed by atoms with Gasteiger partial charge in [-0.3, -0.25) is 0 Å². The number of thiazole rings is 1. The lowest BCUT2D eigenvalue weighted by Gasteiger charge is -2.31. The van der Waals surface area contributed by atoms with E-state index < -0.39 is 0 Å².